The summed E-state index contributed by atoms with van der Waals surface area (Å²) in [7, 11) is 3.31. The van der Waals surface area contributed by atoms with Gasteiger partial charge in [-0.05, 0) is 59.5 Å². The molecule has 7 heteroatoms. The van der Waals surface area contributed by atoms with Crippen LogP contribution < -0.4 is 15.0 Å². The molecule has 0 aliphatic carbocycles. The summed E-state index contributed by atoms with van der Waals surface area (Å²) in [4.78, 5) is 4.87. The molecule has 0 aliphatic rings. The van der Waals surface area contributed by atoms with Gasteiger partial charge in [-0.1, -0.05) is 42.5 Å². The van der Waals surface area contributed by atoms with E-state index in [2.05, 4.69) is 16.7 Å². The van der Waals surface area contributed by atoms with Gasteiger partial charge in [0.2, 0.25) is 0 Å². The number of hydrogen-bond acceptors (Lipinski definition) is 5. The predicted octanol–water partition coefficient (Wildman–Crippen LogP) is 5.10. The summed E-state index contributed by atoms with van der Waals surface area (Å²) in [5.41, 5.74) is 6.14. The molecule has 5 aromatic rings. The van der Waals surface area contributed by atoms with Gasteiger partial charge in [0.25, 0.3) is 0 Å². The quantitative estimate of drug-likeness (QED) is 0.299. The molecule has 7 nitrogen and oxygen atoms in total. The largest absolute Gasteiger partial charge is 0.497 e. The molecule has 0 unspecified atom stereocenters. The van der Waals surface area contributed by atoms with E-state index in [9.17, 15) is 10.5 Å². The lowest BCUT2D eigenvalue weighted by Crippen LogP contribution is -2.21. The summed E-state index contributed by atoms with van der Waals surface area (Å²) in [6.45, 7) is 1.17. The van der Waals surface area contributed by atoms with E-state index in [0.29, 0.717) is 25.0 Å². The first-order chi connectivity index (χ1) is 18.1. The Morgan fingerprint density at radius 2 is 1.46 bits per heavy atom. The van der Waals surface area contributed by atoms with E-state index < -0.39 is 0 Å². The number of methoxy groups -OCH3 is 2. The van der Waals surface area contributed by atoms with Crippen LogP contribution >= 0.6 is 0 Å². The van der Waals surface area contributed by atoms with E-state index in [1.165, 1.54) is 0 Å². The van der Waals surface area contributed by atoms with Crippen molar-refractivity contribution in [3.63, 3.8) is 0 Å². The molecular formula is C30H30N4O3. The van der Waals surface area contributed by atoms with Crippen LogP contribution in [-0.4, -0.2) is 40.1 Å². The number of aliphatic hydroxyl groups excluding tert-OH is 1. The van der Waals surface area contributed by atoms with Crippen LogP contribution in [0.2, 0.25) is 0 Å². The highest BCUT2D eigenvalue weighted by Gasteiger charge is 2.23. The van der Waals surface area contributed by atoms with Crippen molar-refractivity contribution in [2.24, 2.45) is 0 Å². The Morgan fingerprint density at radius 3 is 2.05 bits per heavy atom. The molecule has 3 aromatic carbocycles. The third kappa shape index (κ3) is 4.73. The second-order valence-electron chi connectivity index (χ2n) is 8.81. The Balaban J connectivity index is 1.85. The number of benzene rings is 3. The van der Waals surface area contributed by atoms with E-state index in [0.717, 1.165) is 50.5 Å². The summed E-state index contributed by atoms with van der Waals surface area (Å²) in [6.07, 6.45) is 2.26. The van der Waals surface area contributed by atoms with Crippen LogP contribution in [-0.2, 0) is 13.1 Å². The van der Waals surface area contributed by atoms with Crippen LogP contribution in [0.5, 0.6) is 11.5 Å². The number of rotatable bonds is 9. The van der Waals surface area contributed by atoms with Crippen molar-refractivity contribution in [3.05, 3.63) is 96.2 Å². The summed E-state index contributed by atoms with van der Waals surface area (Å²) in [6, 6.07) is 26.2. The molecule has 0 atom stereocenters. The second-order valence-corrected chi connectivity index (χ2v) is 8.81. The molecule has 0 saturated carbocycles. The maximum atomic E-state index is 9.40. The third-order valence-electron chi connectivity index (χ3n) is 6.56. The number of fused-ring (bicyclic) bond motifs is 1. The zero-order valence-corrected chi connectivity index (χ0v) is 21.0. The van der Waals surface area contributed by atoms with E-state index >= 15 is 0 Å². The number of hydrogen-bond donors (Lipinski definition) is 2. The fraction of sp³-hybridized carbons (Fsp3) is 0.200. The lowest BCUT2D eigenvalue weighted by Gasteiger charge is -2.13. The fourth-order valence-electron chi connectivity index (χ4n) is 4.71. The average molecular weight is 495 g/mol. The zero-order valence-electron chi connectivity index (χ0n) is 21.0. The van der Waals surface area contributed by atoms with Crippen molar-refractivity contribution in [2.75, 3.05) is 20.8 Å². The van der Waals surface area contributed by atoms with Gasteiger partial charge in [-0.15, -0.1) is 0 Å². The van der Waals surface area contributed by atoms with Gasteiger partial charge in [-0.2, -0.15) is 0 Å². The minimum Gasteiger partial charge on any atom is -0.497 e. The minimum atomic E-state index is 0.0575. The van der Waals surface area contributed by atoms with Crippen LogP contribution in [0.4, 0.5) is 0 Å². The summed E-state index contributed by atoms with van der Waals surface area (Å²) in [5.74, 6) is 1.55. The molecule has 37 heavy (non-hydrogen) atoms. The molecule has 0 spiro atoms. The van der Waals surface area contributed by atoms with Gasteiger partial charge in [0.15, 0.2) is 0 Å². The van der Waals surface area contributed by atoms with E-state index in [1.807, 2.05) is 66.7 Å². The monoisotopic (exact) mass is 494 g/mol. The van der Waals surface area contributed by atoms with Gasteiger partial charge in [-0.25, -0.2) is 4.98 Å². The number of aromatic nitrogens is 3. The average Bonchev–Trinajstić information content (AvgIpc) is 3.27. The molecule has 0 aliphatic heterocycles. The highest BCUT2D eigenvalue weighted by atomic mass is 16.5. The number of aryl methyl sites for hydroxylation is 1. The van der Waals surface area contributed by atoms with E-state index in [1.54, 1.807) is 25.1 Å². The van der Waals surface area contributed by atoms with Gasteiger partial charge in [-0.3, -0.25) is 5.41 Å². The minimum absolute atomic E-state index is 0.0575. The molecule has 5 rings (SSSR count). The molecule has 0 amide bonds. The molecule has 2 aromatic heterocycles. The van der Waals surface area contributed by atoms with E-state index in [4.69, 9.17) is 14.5 Å². The lowest BCUT2D eigenvalue weighted by molar-refractivity contribution is 0.278. The molecule has 0 saturated heterocycles. The number of ether oxygens (including phenoxy) is 2. The SMILES string of the molecule is COc1ccc(-c2c(-c3ccc(OC)cc3)n(Cc3ccccc3)c3ncn(CCCO)c(=N)c23)cc1. The van der Waals surface area contributed by atoms with Gasteiger partial charge in [0.05, 0.1) is 31.6 Å². The predicted molar refractivity (Wildman–Crippen MR) is 145 cm³/mol. The molecule has 2 N–H and O–H groups in total. The lowest BCUT2D eigenvalue weighted by atomic mass is 9.98. The number of nitrogens with zero attached hydrogens (tertiary/aromatic N) is 3. The van der Waals surface area contributed by atoms with Crippen LogP contribution in [0.15, 0.2) is 85.2 Å². The highest BCUT2D eigenvalue weighted by molar-refractivity contribution is 6.02. The molecule has 0 bridgehead atoms. The maximum Gasteiger partial charge on any atom is 0.146 e. The first kappa shape index (κ1) is 24.3. The van der Waals surface area contributed by atoms with E-state index in [-0.39, 0.29) is 6.61 Å². The van der Waals surface area contributed by atoms with Crippen LogP contribution in [0, 0.1) is 5.41 Å². The topological polar surface area (TPSA) is 85.3 Å². The van der Waals surface area contributed by atoms with Crippen molar-refractivity contribution in [3.8, 4) is 33.9 Å². The Morgan fingerprint density at radius 1 is 0.838 bits per heavy atom. The van der Waals surface area contributed by atoms with Crippen LogP contribution in [0.3, 0.4) is 0 Å². The van der Waals surface area contributed by atoms with Crippen molar-refractivity contribution in [1.82, 2.24) is 14.1 Å². The van der Waals surface area contributed by atoms with Crippen molar-refractivity contribution in [2.45, 2.75) is 19.5 Å². The smallest absolute Gasteiger partial charge is 0.146 e. The summed E-state index contributed by atoms with van der Waals surface area (Å²) < 4.78 is 14.8. The van der Waals surface area contributed by atoms with Crippen LogP contribution in [0.1, 0.15) is 12.0 Å². The third-order valence-corrected chi connectivity index (χ3v) is 6.56. The van der Waals surface area contributed by atoms with Gasteiger partial charge in [0, 0.05) is 25.3 Å². The fourth-order valence-corrected chi connectivity index (χ4v) is 4.71. The standard InChI is InChI=1S/C30H30N4O3/c1-36-24-13-9-22(10-14-24)26-27-29(31)33(17-6-18-35)20-32-30(27)34(19-21-7-4-3-5-8-21)28(26)23-11-15-25(37-2)16-12-23/h3-5,7-16,20,31,35H,6,17-19H2,1-2H3. The first-order valence-corrected chi connectivity index (χ1v) is 12.2. The number of aliphatic hydroxyl groups is 1. The Bertz CT molecular complexity index is 1550. The zero-order chi connectivity index (χ0) is 25.8. The molecule has 188 valence electrons. The van der Waals surface area contributed by atoms with Gasteiger partial charge < -0.3 is 23.7 Å². The van der Waals surface area contributed by atoms with Crippen molar-refractivity contribution in [1.29, 1.82) is 5.41 Å². The highest BCUT2D eigenvalue weighted by Crippen LogP contribution is 2.40. The first-order valence-electron chi connectivity index (χ1n) is 12.2. The van der Waals surface area contributed by atoms with Gasteiger partial charge >= 0.3 is 0 Å². The Labute approximate surface area is 215 Å². The van der Waals surface area contributed by atoms with Crippen molar-refractivity contribution >= 4 is 11.0 Å². The molecule has 0 fully saturated rings. The maximum absolute atomic E-state index is 9.40. The van der Waals surface area contributed by atoms with Crippen LogP contribution in [0.25, 0.3) is 33.4 Å². The van der Waals surface area contributed by atoms with Crippen molar-refractivity contribution < 1.29 is 14.6 Å². The number of nitrogens with one attached hydrogen (secondary N) is 1. The Hall–Kier alpha value is -4.36. The Kier molecular flexibility index (Phi) is 7.05. The molecule has 2 heterocycles. The summed E-state index contributed by atoms with van der Waals surface area (Å²) in [5, 5.41) is 19.4. The molecular weight excluding hydrogens is 464 g/mol. The summed E-state index contributed by atoms with van der Waals surface area (Å²) >= 11 is 0. The normalized spacial score (nSPS) is 11.1. The second kappa shape index (κ2) is 10.7. The molecule has 0 radical (unpaired) electrons. The van der Waals surface area contributed by atoms with Gasteiger partial charge in [0.1, 0.15) is 22.6 Å².